The lowest BCUT2D eigenvalue weighted by Crippen LogP contribution is -2.46. The van der Waals surface area contributed by atoms with Gasteiger partial charge in [-0.3, -0.25) is 9.80 Å². The van der Waals surface area contributed by atoms with E-state index in [1.54, 1.807) is 0 Å². The van der Waals surface area contributed by atoms with Gasteiger partial charge >= 0.3 is 0 Å². The summed E-state index contributed by atoms with van der Waals surface area (Å²) in [5.41, 5.74) is 2.60. The van der Waals surface area contributed by atoms with Crippen LogP contribution in [0.3, 0.4) is 0 Å². The Morgan fingerprint density at radius 3 is 2.58 bits per heavy atom. The van der Waals surface area contributed by atoms with E-state index in [0.717, 1.165) is 39.3 Å². The van der Waals surface area contributed by atoms with Gasteiger partial charge in [0.15, 0.2) is 0 Å². The number of hydrogen-bond donors (Lipinski definition) is 2. The van der Waals surface area contributed by atoms with E-state index in [4.69, 9.17) is 5.11 Å². The number of H-pyrrole nitrogens is 1. The van der Waals surface area contributed by atoms with Crippen LogP contribution in [0.1, 0.15) is 5.56 Å². The van der Waals surface area contributed by atoms with Gasteiger partial charge in [-0.25, -0.2) is 0 Å². The molecule has 0 spiro atoms. The van der Waals surface area contributed by atoms with Crippen molar-refractivity contribution in [3.05, 3.63) is 36.0 Å². The highest BCUT2D eigenvalue weighted by Gasteiger charge is 2.17. The summed E-state index contributed by atoms with van der Waals surface area (Å²) < 4.78 is 0. The molecule has 2 heterocycles. The first-order valence-electron chi connectivity index (χ1n) is 6.97. The second-order valence-electron chi connectivity index (χ2n) is 5.20. The maximum Gasteiger partial charge on any atom is 0.0558 e. The van der Waals surface area contributed by atoms with Crippen molar-refractivity contribution < 1.29 is 5.11 Å². The first-order valence-corrected chi connectivity index (χ1v) is 6.97. The molecule has 2 aromatic rings. The van der Waals surface area contributed by atoms with Gasteiger partial charge in [-0.05, 0) is 11.6 Å². The van der Waals surface area contributed by atoms with Crippen LogP contribution in [-0.2, 0) is 6.54 Å². The summed E-state index contributed by atoms with van der Waals surface area (Å²) in [7, 11) is 0. The smallest absolute Gasteiger partial charge is 0.0558 e. The normalized spacial score (nSPS) is 18.2. The number of aromatic nitrogens is 1. The predicted molar refractivity (Wildman–Crippen MR) is 77.1 cm³/mol. The molecule has 1 fully saturated rings. The van der Waals surface area contributed by atoms with E-state index in [1.165, 1.54) is 16.5 Å². The first-order chi connectivity index (χ1) is 9.36. The van der Waals surface area contributed by atoms with Crippen LogP contribution >= 0.6 is 0 Å². The van der Waals surface area contributed by atoms with E-state index in [9.17, 15) is 0 Å². The summed E-state index contributed by atoms with van der Waals surface area (Å²) in [6, 6.07) is 8.47. The SMILES string of the molecule is OCCN1CCN(Cc2c[nH]c3ccccc23)CC1. The lowest BCUT2D eigenvalue weighted by atomic mass is 10.1. The van der Waals surface area contributed by atoms with E-state index < -0.39 is 0 Å². The summed E-state index contributed by atoms with van der Waals surface area (Å²) in [5.74, 6) is 0. The highest BCUT2D eigenvalue weighted by atomic mass is 16.3. The predicted octanol–water partition coefficient (Wildman–Crippen LogP) is 1.28. The zero-order chi connectivity index (χ0) is 13.1. The van der Waals surface area contributed by atoms with Crippen LogP contribution < -0.4 is 0 Å². The Kier molecular flexibility index (Phi) is 3.82. The molecule has 1 aromatic carbocycles. The molecule has 1 saturated heterocycles. The van der Waals surface area contributed by atoms with Crippen LogP contribution in [0.2, 0.25) is 0 Å². The molecule has 4 nitrogen and oxygen atoms in total. The Morgan fingerprint density at radius 2 is 1.79 bits per heavy atom. The van der Waals surface area contributed by atoms with Gasteiger partial charge in [0.1, 0.15) is 0 Å². The van der Waals surface area contributed by atoms with Gasteiger partial charge in [-0.1, -0.05) is 18.2 Å². The third-order valence-corrected chi connectivity index (χ3v) is 3.95. The Bertz CT molecular complexity index is 529. The third kappa shape index (κ3) is 2.81. The summed E-state index contributed by atoms with van der Waals surface area (Å²) in [6.07, 6.45) is 2.13. The van der Waals surface area contributed by atoms with Crippen LogP contribution in [0.5, 0.6) is 0 Å². The van der Waals surface area contributed by atoms with Gasteiger partial charge < -0.3 is 10.1 Å². The fourth-order valence-corrected chi connectivity index (χ4v) is 2.82. The van der Waals surface area contributed by atoms with Crippen LogP contribution in [0, 0.1) is 0 Å². The minimum absolute atomic E-state index is 0.266. The fourth-order valence-electron chi connectivity index (χ4n) is 2.82. The quantitative estimate of drug-likeness (QED) is 0.869. The molecule has 0 radical (unpaired) electrons. The topological polar surface area (TPSA) is 42.5 Å². The molecule has 102 valence electrons. The number of aliphatic hydroxyl groups is 1. The molecule has 2 N–H and O–H groups in total. The van der Waals surface area contributed by atoms with Gasteiger partial charge in [0.05, 0.1) is 6.61 Å². The van der Waals surface area contributed by atoms with Gasteiger partial charge in [-0.2, -0.15) is 0 Å². The number of aromatic amines is 1. The van der Waals surface area contributed by atoms with E-state index in [0.29, 0.717) is 0 Å². The molecule has 19 heavy (non-hydrogen) atoms. The zero-order valence-corrected chi connectivity index (χ0v) is 11.2. The van der Waals surface area contributed by atoms with Gasteiger partial charge in [0, 0.05) is 56.4 Å². The molecule has 0 amide bonds. The molecule has 1 aliphatic heterocycles. The molecule has 4 heteroatoms. The lowest BCUT2D eigenvalue weighted by Gasteiger charge is -2.34. The average molecular weight is 259 g/mol. The lowest BCUT2D eigenvalue weighted by molar-refractivity contribution is 0.109. The second kappa shape index (κ2) is 5.74. The van der Waals surface area contributed by atoms with Crippen LogP contribution in [0.4, 0.5) is 0 Å². The summed E-state index contributed by atoms with van der Waals surface area (Å²) in [6.45, 7) is 6.37. The molecule has 0 saturated carbocycles. The number of benzene rings is 1. The van der Waals surface area contributed by atoms with E-state index in [2.05, 4.69) is 45.2 Å². The number of hydrogen-bond acceptors (Lipinski definition) is 3. The standard InChI is InChI=1S/C15H21N3O/c19-10-9-17-5-7-18(8-6-17)12-13-11-16-15-4-2-1-3-14(13)15/h1-4,11,16,19H,5-10,12H2. The van der Waals surface area contributed by atoms with Crippen molar-refractivity contribution in [2.24, 2.45) is 0 Å². The number of nitrogens with one attached hydrogen (secondary N) is 1. The third-order valence-electron chi connectivity index (χ3n) is 3.95. The maximum atomic E-state index is 8.95. The summed E-state index contributed by atoms with van der Waals surface area (Å²) >= 11 is 0. The van der Waals surface area contributed by atoms with Crippen molar-refractivity contribution in [2.45, 2.75) is 6.54 Å². The van der Waals surface area contributed by atoms with Crippen molar-refractivity contribution in [3.63, 3.8) is 0 Å². The number of piperazine rings is 1. The number of para-hydroxylation sites is 1. The Balaban J connectivity index is 1.63. The molecular weight excluding hydrogens is 238 g/mol. The molecule has 0 bridgehead atoms. The highest BCUT2D eigenvalue weighted by Crippen LogP contribution is 2.19. The van der Waals surface area contributed by atoms with Crippen LogP contribution in [-0.4, -0.2) is 59.2 Å². The number of rotatable bonds is 4. The van der Waals surface area contributed by atoms with Crippen molar-refractivity contribution in [1.29, 1.82) is 0 Å². The van der Waals surface area contributed by atoms with Gasteiger partial charge in [0.2, 0.25) is 0 Å². The zero-order valence-electron chi connectivity index (χ0n) is 11.2. The maximum absolute atomic E-state index is 8.95. The molecule has 0 aliphatic carbocycles. The van der Waals surface area contributed by atoms with Crippen LogP contribution in [0.25, 0.3) is 10.9 Å². The Morgan fingerprint density at radius 1 is 1.05 bits per heavy atom. The van der Waals surface area contributed by atoms with Crippen molar-refractivity contribution in [1.82, 2.24) is 14.8 Å². The molecule has 0 unspecified atom stereocenters. The van der Waals surface area contributed by atoms with Crippen molar-refractivity contribution >= 4 is 10.9 Å². The van der Waals surface area contributed by atoms with E-state index in [1.807, 2.05) is 0 Å². The molecular formula is C15H21N3O. The minimum atomic E-state index is 0.266. The largest absolute Gasteiger partial charge is 0.395 e. The summed E-state index contributed by atoms with van der Waals surface area (Å²) in [4.78, 5) is 8.15. The molecule has 1 aromatic heterocycles. The Labute approximate surface area is 113 Å². The minimum Gasteiger partial charge on any atom is -0.395 e. The first kappa shape index (κ1) is 12.7. The van der Waals surface area contributed by atoms with Gasteiger partial charge in [0.25, 0.3) is 0 Å². The van der Waals surface area contributed by atoms with Crippen molar-refractivity contribution in [2.75, 3.05) is 39.3 Å². The average Bonchev–Trinajstić information content (AvgIpc) is 2.85. The number of fused-ring (bicyclic) bond motifs is 1. The number of nitrogens with zero attached hydrogens (tertiary/aromatic N) is 2. The second-order valence-corrected chi connectivity index (χ2v) is 5.20. The van der Waals surface area contributed by atoms with Crippen LogP contribution in [0.15, 0.2) is 30.5 Å². The van der Waals surface area contributed by atoms with Crippen molar-refractivity contribution in [3.8, 4) is 0 Å². The fraction of sp³-hybridized carbons (Fsp3) is 0.467. The Hall–Kier alpha value is -1.36. The summed E-state index contributed by atoms with van der Waals surface area (Å²) in [5, 5.41) is 10.3. The molecule has 0 atom stereocenters. The van der Waals surface area contributed by atoms with E-state index >= 15 is 0 Å². The van der Waals surface area contributed by atoms with E-state index in [-0.39, 0.29) is 6.61 Å². The molecule has 3 rings (SSSR count). The highest BCUT2D eigenvalue weighted by molar-refractivity contribution is 5.82. The number of β-amino-alcohol motifs (C(OH)–C–C–N with tert-alkyl or cyclic N) is 1. The number of aliphatic hydroxyl groups excluding tert-OH is 1. The molecule has 1 aliphatic rings. The van der Waals surface area contributed by atoms with Gasteiger partial charge in [-0.15, -0.1) is 0 Å². The monoisotopic (exact) mass is 259 g/mol.